The van der Waals surface area contributed by atoms with Crippen molar-refractivity contribution in [3.63, 3.8) is 0 Å². The third-order valence-corrected chi connectivity index (χ3v) is 6.53. The molecule has 0 amide bonds. The van der Waals surface area contributed by atoms with Crippen LogP contribution in [0.2, 0.25) is 0 Å². The number of hydrogen-bond donors (Lipinski definition) is 1. The van der Waals surface area contributed by atoms with E-state index in [1.165, 1.54) is 35.6 Å². The molecule has 5 rings (SSSR count). The number of carbonyl (C=O) groups excluding carboxylic acids is 1. The number of fused-ring (bicyclic) bond motifs is 1. The summed E-state index contributed by atoms with van der Waals surface area (Å²) in [6.07, 6.45) is 0.262. The van der Waals surface area contributed by atoms with Crippen LogP contribution in [0.15, 0.2) is 65.6 Å². The molecule has 1 aliphatic rings. The number of thiophene rings is 1. The average Bonchev–Trinajstić information content (AvgIpc) is 3.49. The van der Waals surface area contributed by atoms with Gasteiger partial charge in [-0.15, -0.1) is 11.3 Å². The number of aromatic nitrogens is 2. The Hall–Kier alpha value is -3.21. The minimum absolute atomic E-state index is 0.0674. The predicted octanol–water partition coefficient (Wildman–Crippen LogP) is 4.75. The lowest BCUT2D eigenvalue weighted by Gasteiger charge is -2.25. The van der Waals surface area contributed by atoms with E-state index in [1.807, 2.05) is 17.5 Å². The monoisotopic (exact) mass is 472 g/mol. The molecule has 10 heteroatoms. The van der Waals surface area contributed by atoms with Gasteiger partial charge in [-0.1, -0.05) is 12.1 Å². The number of ether oxygens (including phenoxy) is 2. The maximum Gasteiger partial charge on any atom is 0.387 e. The van der Waals surface area contributed by atoms with Crippen LogP contribution in [0.25, 0.3) is 16.6 Å². The highest BCUT2D eigenvalue weighted by molar-refractivity contribution is 7.09. The van der Waals surface area contributed by atoms with Gasteiger partial charge in [-0.25, -0.2) is 4.79 Å². The Balaban J connectivity index is 1.63. The smallest absolute Gasteiger partial charge is 0.387 e. The summed E-state index contributed by atoms with van der Waals surface area (Å²) >= 11 is 2.55. The first-order valence-corrected chi connectivity index (χ1v) is 11.0. The second-order valence-corrected chi connectivity index (χ2v) is 8.57. The van der Waals surface area contributed by atoms with Crippen LogP contribution >= 0.6 is 23.1 Å². The van der Waals surface area contributed by atoms with Gasteiger partial charge in [-0.05, 0) is 53.4 Å². The van der Waals surface area contributed by atoms with Crippen LogP contribution in [0.1, 0.15) is 16.0 Å². The summed E-state index contributed by atoms with van der Waals surface area (Å²) in [6, 6.07) is 14.4. The standard InChI is InChI=1S/C22H14F2N2O4S2/c23-21(24)29-14-6-4-13(5-7-14)22(28)16(11-15-2-1-9-31-15)19(20(27)30-22)12-3-8-17-18(10-12)26-32-25-17/h1-10,21,28H,11H2. The second kappa shape index (κ2) is 8.05. The van der Waals surface area contributed by atoms with Crippen LogP contribution in [-0.4, -0.2) is 26.4 Å². The van der Waals surface area contributed by atoms with E-state index < -0.39 is 18.4 Å². The molecule has 0 bridgehead atoms. The fourth-order valence-corrected chi connectivity index (χ4v) is 4.89. The fraction of sp³-hybridized carbons (Fsp3) is 0.136. The molecular weight excluding hydrogens is 458 g/mol. The largest absolute Gasteiger partial charge is 0.435 e. The maximum atomic E-state index is 13.0. The molecule has 1 N–H and O–H groups in total. The van der Waals surface area contributed by atoms with Gasteiger partial charge in [0.1, 0.15) is 16.8 Å². The Morgan fingerprint density at radius 2 is 1.88 bits per heavy atom. The number of nitrogens with zero attached hydrogens (tertiary/aromatic N) is 2. The summed E-state index contributed by atoms with van der Waals surface area (Å²) in [7, 11) is 0. The average molecular weight is 472 g/mol. The summed E-state index contributed by atoms with van der Waals surface area (Å²) < 4.78 is 43.3. The minimum atomic E-state index is -2.97. The van der Waals surface area contributed by atoms with E-state index in [0.717, 1.165) is 16.6 Å². The fourth-order valence-electron chi connectivity index (χ4n) is 3.66. The Morgan fingerprint density at radius 3 is 2.59 bits per heavy atom. The molecule has 0 saturated carbocycles. The van der Waals surface area contributed by atoms with Gasteiger partial charge in [0.05, 0.1) is 17.3 Å². The number of alkyl halides is 2. The molecule has 0 spiro atoms. The number of carbonyl (C=O) groups is 1. The van der Waals surface area contributed by atoms with Crippen molar-refractivity contribution in [2.75, 3.05) is 0 Å². The van der Waals surface area contributed by atoms with Crippen molar-refractivity contribution in [1.29, 1.82) is 0 Å². The van der Waals surface area contributed by atoms with E-state index in [9.17, 15) is 18.7 Å². The molecule has 1 atom stereocenters. The van der Waals surface area contributed by atoms with Crippen LogP contribution in [0.5, 0.6) is 5.75 Å². The zero-order valence-corrected chi connectivity index (χ0v) is 17.8. The van der Waals surface area contributed by atoms with Crippen molar-refractivity contribution in [1.82, 2.24) is 8.75 Å². The van der Waals surface area contributed by atoms with Gasteiger partial charge in [0.15, 0.2) is 0 Å². The molecule has 4 aromatic rings. The molecule has 0 saturated heterocycles. The van der Waals surface area contributed by atoms with Crippen molar-refractivity contribution in [2.24, 2.45) is 0 Å². The van der Waals surface area contributed by atoms with Crippen LogP contribution in [-0.2, 0) is 21.7 Å². The molecule has 0 radical (unpaired) electrons. The summed E-state index contributed by atoms with van der Waals surface area (Å²) in [5.41, 5.74) is 2.71. The van der Waals surface area contributed by atoms with Crippen LogP contribution < -0.4 is 4.74 Å². The molecule has 0 aliphatic carbocycles. The highest BCUT2D eigenvalue weighted by atomic mass is 32.1. The maximum absolute atomic E-state index is 13.0. The molecular formula is C22H14F2N2O4S2. The van der Waals surface area contributed by atoms with Crippen molar-refractivity contribution in [2.45, 2.75) is 18.8 Å². The number of cyclic esters (lactones) is 1. The molecule has 3 heterocycles. The number of benzene rings is 2. The number of hydrogen-bond acceptors (Lipinski definition) is 8. The lowest BCUT2D eigenvalue weighted by molar-refractivity contribution is -0.185. The third kappa shape index (κ3) is 3.66. The van der Waals surface area contributed by atoms with Gasteiger partial charge >= 0.3 is 12.6 Å². The van der Waals surface area contributed by atoms with Crippen molar-refractivity contribution in [3.8, 4) is 5.75 Å². The van der Waals surface area contributed by atoms with Gasteiger partial charge in [0, 0.05) is 22.4 Å². The molecule has 0 fully saturated rings. The normalized spacial score (nSPS) is 18.6. The second-order valence-electron chi connectivity index (χ2n) is 7.01. The summed E-state index contributed by atoms with van der Waals surface area (Å²) in [6.45, 7) is -2.97. The summed E-state index contributed by atoms with van der Waals surface area (Å²) in [5, 5.41) is 13.5. The molecule has 6 nitrogen and oxygen atoms in total. The van der Waals surface area contributed by atoms with Crippen molar-refractivity contribution < 1.29 is 28.2 Å². The SMILES string of the molecule is O=C1OC(O)(c2ccc(OC(F)F)cc2)C(Cc2cccs2)=C1c1ccc2nsnc2c1. The van der Waals surface area contributed by atoms with Gasteiger partial charge in [0.2, 0.25) is 0 Å². The van der Waals surface area contributed by atoms with Crippen molar-refractivity contribution >= 4 is 45.6 Å². The van der Waals surface area contributed by atoms with E-state index in [0.29, 0.717) is 22.2 Å². The van der Waals surface area contributed by atoms with E-state index >= 15 is 0 Å². The molecule has 32 heavy (non-hydrogen) atoms. The molecule has 1 aliphatic heterocycles. The summed E-state index contributed by atoms with van der Waals surface area (Å²) in [5.74, 6) is -2.81. The Bertz CT molecular complexity index is 1320. The van der Waals surface area contributed by atoms with E-state index in [-0.39, 0.29) is 23.3 Å². The first-order chi connectivity index (χ1) is 15.4. The lowest BCUT2D eigenvalue weighted by Crippen LogP contribution is -2.29. The van der Waals surface area contributed by atoms with Gasteiger partial charge in [-0.2, -0.15) is 17.5 Å². The zero-order valence-electron chi connectivity index (χ0n) is 16.2. The molecule has 162 valence electrons. The Labute approximate surface area is 188 Å². The number of halogens is 2. The third-order valence-electron chi connectivity index (χ3n) is 5.10. The topological polar surface area (TPSA) is 81.5 Å². The zero-order chi connectivity index (χ0) is 22.3. The van der Waals surface area contributed by atoms with Crippen LogP contribution in [0.3, 0.4) is 0 Å². The van der Waals surface area contributed by atoms with Gasteiger partial charge in [-0.3, -0.25) is 0 Å². The number of rotatable bonds is 6. The lowest BCUT2D eigenvalue weighted by atomic mass is 9.89. The van der Waals surface area contributed by atoms with Gasteiger partial charge in [0.25, 0.3) is 5.79 Å². The Morgan fingerprint density at radius 1 is 1.09 bits per heavy atom. The first kappa shape index (κ1) is 20.7. The number of esters is 1. The molecule has 2 aromatic heterocycles. The minimum Gasteiger partial charge on any atom is -0.435 e. The number of aliphatic hydroxyl groups is 1. The van der Waals surface area contributed by atoms with E-state index in [4.69, 9.17) is 4.74 Å². The van der Waals surface area contributed by atoms with Crippen LogP contribution in [0, 0.1) is 0 Å². The highest BCUT2D eigenvalue weighted by Gasteiger charge is 2.48. The van der Waals surface area contributed by atoms with E-state index in [2.05, 4.69) is 13.5 Å². The summed E-state index contributed by atoms with van der Waals surface area (Å²) in [4.78, 5) is 13.9. The molecule has 1 unspecified atom stereocenters. The molecule has 2 aromatic carbocycles. The van der Waals surface area contributed by atoms with Gasteiger partial charge < -0.3 is 14.6 Å². The van der Waals surface area contributed by atoms with E-state index in [1.54, 1.807) is 18.2 Å². The van der Waals surface area contributed by atoms with Crippen molar-refractivity contribution in [3.05, 3.63) is 81.6 Å². The highest BCUT2D eigenvalue weighted by Crippen LogP contribution is 2.45. The quantitative estimate of drug-likeness (QED) is 0.408. The first-order valence-electron chi connectivity index (χ1n) is 9.44. The predicted molar refractivity (Wildman–Crippen MR) is 115 cm³/mol. The Kier molecular flexibility index (Phi) is 5.20. The van der Waals surface area contributed by atoms with Crippen LogP contribution in [0.4, 0.5) is 8.78 Å².